The second-order valence-corrected chi connectivity index (χ2v) is 5.10. The Hall–Kier alpha value is -0.650. The zero-order valence-electron chi connectivity index (χ0n) is 11.0. The van der Waals surface area contributed by atoms with Crippen molar-refractivity contribution in [1.29, 1.82) is 0 Å². The summed E-state index contributed by atoms with van der Waals surface area (Å²) in [6.07, 6.45) is 1.69. The molecule has 1 heterocycles. The third kappa shape index (κ3) is 4.61. The van der Waals surface area contributed by atoms with E-state index in [1.807, 2.05) is 20.8 Å². The Morgan fingerprint density at radius 2 is 2.35 bits per heavy atom. The molecule has 17 heavy (non-hydrogen) atoms. The van der Waals surface area contributed by atoms with E-state index >= 15 is 0 Å². The van der Waals surface area contributed by atoms with Crippen LogP contribution < -0.4 is 11.1 Å². The van der Waals surface area contributed by atoms with Crippen LogP contribution >= 0.6 is 0 Å². The second kappa shape index (κ2) is 6.33. The molecule has 5 nitrogen and oxygen atoms in total. The maximum absolute atomic E-state index is 11.5. The van der Waals surface area contributed by atoms with E-state index in [0.717, 1.165) is 13.0 Å². The van der Waals surface area contributed by atoms with Gasteiger partial charge >= 0.3 is 0 Å². The summed E-state index contributed by atoms with van der Waals surface area (Å²) in [6.45, 7) is 7.75. The van der Waals surface area contributed by atoms with Crippen LogP contribution in [0, 0.1) is 0 Å². The minimum Gasteiger partial charge on any atom is -0.379 e. The van der Waals surface area contributed by atoms with Crippen molar-refractivity contribution in [1.82, 2.24) is 5.32 Å². The molecular weight excluding hydrogens is 220 g/mol. The maximum atomic E-state index is 11.5. The van der Waals surface area contributed by atoms with Crippen LogP contribution in [0.5, 0.6) is 0 Å². The molecule has 1 fully saturated rings. The van der Waals surface area contributed by atoms with E-state index < -0.39 is 5.54 Å². The van der Waals surface area contributed by atoms with Gasteiger partial charge in [0.1, 0.15) is 0 Å². The van der Waals surface area contributed by atoms with Crippen molar-refractivity contribution in [2.75, 3.05) is 19.8 Å². The number of carbonyl (C=O) groups is 1. The normalized spacial score (nSPS) is 23.9. The summed E-state index contributed by atoms with van der Waals surface area (Å²) in [5.74, 6) is -0.336. The molecule has 2 unspecified atom stereocenters. The van der Waals surface area contributed by atoms with Gasteiger partial charge in [0.25, 0.3) is 0 Å². The third-order valence-electron chi connectivity index (χ3n) is 2.99. The molecule has 1 aliphatic heterocycles. The van der Waals surface area contributed by atoms with Gasteiger partial charge in [-0.25, -0.2) is 0 Å². The molecule has 5 heteroatoms. The molecule has 100 valence electrons. The van der Waals surface area contributed by atoms with Gasteiger partial charge in [-0.1, -0.05) is 0 Å². The van der Waals surface area contributed by atoms with Crippen LogP contribution in [-0.4, -0.2) is 43.4 Å². The first kappa shape index (κ1) is 14.4. The first-order valence-electron chi connectivity index (χ1n) is 6.21. The molecule has 2 atom stereocenters. The molecule has 0 aliphatic carbocycles. The van der Waals surface area contributed by atoms with Gasteiger partial charge in [-0.3, -0.25) is 4.79 Å². The molecular formula is C12H24N2O3. The van der Waals surface area contributed by atoms with Gasteiger partial charge in [0, 0.05) is 19.3 Å². The zero-order valence-corrected chi connectivity index (χ0v) is 11.0. The summed E-state index contributed by atoms with van der Waals surface area (Å²) in [7, 11) is 0. The van der Waals surface area contributed by atoms with Crippen LogP contribution in [0.2, 0.25) is 0 Å². The van der Waals surface area contributed by atoms with Gasteiger partial charge in [-0.05, 0) is 33.6 Å². The van der Waals surface area contributed by atoms with Crippen LogP contribution in [0.4, 0.5) is 0 Å². The molecule has 1 aliphatic rings. The predicted octanol–water partition coefficient (Wildman–Crippen LogP) is 0.424. The van der Waals surface area contributed by atoms with E-state index in [4.69, 9.17) is 15.2 Å². The van der Waals surface area contributed by atoms with E-state index in [0.29, 0.717) is 19.6 Å². The Labute approximate surface area is 103 Å². The third-order valence-corrected chi connectivity index (χ3v) is 2.99. The lowest BCUT2D eigenvalue weighted by molar-refractivity contribution is -0.125. The number of hydrogen-bond acceptors (Lipinski definition) is 4. The average molecular weight is 244 g/mol. The predicted molar refractivity (Wildman–Crippen MR) is 65.7 cm³/mol. The summed E-state index contributed by atoms with van der Waals surface area (Å²) < 4.78 is 10.9. The maximum Gasteiger partial charge on any atom is 0.237 e. The lowest BCUT2D eigenvalue weighted by atomic mass is 9.96. The van der Waals surface area contributed by atoms with Crippen LogP contribution in [0.1, 0.15) is 33.6 Å². The van der Waals surface area contributed by atoms with Crippen molar-refractivity contribution >= 4 is 5.91 Å². The van der Waals surface area contributed by atoms with E-state index in [1.54, 1.807) is 0 Å². The molecule has 0 bridgehead atoms. The quantitative estimate of drug-likeness (QED) is 0.681. The fraction of sp³-hybridized carbons (Fsp3) is 0.917. The highest BCUT2D eigenvalue weighted by molar-refractivity contribution is 5.84. The first-order chi connectivity index (χ1) is 7.94. The Morgan fingerprint density at radius 1 is 1.65 bits per heavy atom. The number of nitrogens with one attached hydrogen (secondary N) is 1. The highest BCUT2D eigenvalue weighted by Crippen LogP contribution is 2.14. The summed E-state index contributed by atoms with van der Waals surface area (Å²) in [5.41, 5.74) is 4.73. The molecule has 0 saturated carbocycles. The zero-order chi connectivity index (χ0) is 12.9. The standard InChI is InChI=1S/C12H24N2O3/c1-9(2)14-12(3,11(13)15)5-7-17-10-4-6-16-8-10/h9-10,14H,4-8H2,1-3H3,(H2,13,15). The van der Waals surface area contributed by atoms with E-state index in [2.05, 4.69) is 5.32 Å². The van der Waals surface area contributed by atoms with Gasteiger partial charge in [0.05, 0.1) is 18.2 Å². The van der Waals surface area contributed by atoms with Crippen molar-refractivity contribution in [2.24, 2.45) is 5.73 Å². The Kier molecular flexibility index (Phi) is 5.36. The van der Waals surface area contributed by atoms with E-state index in [-0.39, 0.29) is 18.1 Å². The fourth-order valence-electron chi connectivity index (χ4n) is 1.98. The number of carbonyl (C=O) groups excluding carboxylic acids is 1. The van der Waals surface area contributed by atoms with Crippen molar-refractivity contribution in [3.05, 3.63) is 0 Å². The van der Waals surface area contributed by atoms with E-state index in [1.165, 1.54) is 0 Å². The van der Waals surface area contributed by atoms with Crippen LogP contribution in [0.15, 0.2) is 0 Å². The lowest BCUT2D eigenvalue weighted by Crippen LogP contribution is -2.56. The van der Waals surface area contributed by atoms with Crippen LogP contribution in [0.25, 0.3) is 0 Å². The molecule has 0 aromatic carbocycles. The number of ether oxygens (including phenoxy) is 2. The number of amides is 1. The number of rotatable bonds is 7. The molecule has 1 rings (SSSR count). The molecule has 1 amide bonds. The first-order valence-corrected chi connectivity index (χ1v) is 6.21. The van der Waals surface area contributed by atoms with Crippen LogP contribution in [-0.2, 0) is 14.3 Å². The molecule has 3 N–H and O–H groups in total. The largest absolute Gasteiger partial charge is 0.379 e. The SMILES string of the molecule is CC(C)NC(C)(CCOC1CCOC1)C(N)=O. The highest BCUT2D eigenvalue weighted by atomic mass is 16.5. The van der Waals surface area contributed by atoms with Crippen molar-refractivity contribution in [3.8, 4) is 0 Å². The Bertz CT molecular complexity index is 252. The average Bonchev–Trinajstić information content (AvgIpc) is 2.69. The number of nitrogens with two attached hydrogens (primary N) is 1. The minimum absolute atomic E-state index is 0.172. The second-order valence-electron chi connectivity index (χ2n) is 5.10. The number of primary amides is 1. The Balaban J connectivity index is 2.35. The van der Waals surface area contributed by atoms with Gasteiger partial charge in [-0.15, -0.1) is 0 Å². The summed E-state index contributed by atoms with van der Waals surface area (Å²) in [6, 6.07) is 0.210. The van der Waals surface area contributed by atoms with Gasteiger partial charge in [0.2, 0.25) is 5.91 Å². The molecule has 0 spiro atoms. The topological polar surface area (TPSA) is 73.6 Å². The van der Waals surface area contributed by atoms with E-state index in [9.17, 15) is 4.79 Å². The van der Waals surface area contributed by atoms with Crippen molar-refractivity contribution in [3.63, 3.8) is 0 Å². The smallest absolute Gasteiger partial charge is 0.237 e. The van der Waals surface area contributed by atoms with Gasteiger partial charge in [0.15, 0.2) is 0 Å². The monoisotopic (exact) mass is 244 g/mol. The Morgan fingerprint density at radius 3 is 2.82 bits per heavy atom. The lowest BCUT2D eigenvalue weighted by Gasteiger charge is -2.30. The van der Waals surface area contributed by atoms with Gasteiger partial charge < -0.3 is 20.5 Å². The molecule has 0 aromatic rings. The minimum atomic E-state index is -0.701. The van der Waals surface area contributed by atoms with Gasteiger partial charge in [-0.2, -0.15) is 0 Å². The number of hydrogen-bond donors (Lipinski definition) is 2. The van der Waals surface area contributed by atoms with Crippen LogP contribution in [0.3, 0.4) is 0 Å². The van der Waals surface area contributed by atoms with Crippen molar-refractivity contribution in [2.45, 2.75) is 51.3 Å². The molecule has 1 saturated heterocycles. The summed E-state index contributed by atoms with van der Waals surface area (Å²) >= 11 is 0. The molecule has 0 aromatic heterocycles. The summed E-state index contributed by atoms with van der Waals surface area (Å²) in [5, 5.41) is 3.20. The summed E-state index contributed by atoms with van der Waals surface area (Å²) in [4.78, 5) is 11.5. The highest BCUT2D eigenvalue weighted by Gasteiger charge is 2.31. The van der Waals surface area contributed by atoms with Crippen molar-refractivity contribution < 1.29 is 14.3 Å². The fourth-order valence-corrected chi connectivity index (χ4v) is 1.98. The molecule has 0 radical (unpaired) electrons.